The van der Waals surface area contributed by atoms with E-state index in [1.54, 1.807) is 39.2 Å². The van der Waals surface area contributed by atoms with Crippen molar-refractivity contribution in [1.82, 2.24) is 5.32 Å². The molecule has 0 radical (unpaired) electrons. The SMILES string of the molecule is COc1cc(OC)c(OC)cc1CNC(=O)c1ccccc1SCC1CCCO1. The third-order valence-electron chi connectivity index (χ3n) is 4.81. The lowest BCUT2D eigenvalue weighted by Crippen LogP contribution is -2.24. The number of rotatable bonds is 9. The van der Waals surface area contributed by atoms with Gasteiger partial charge in [0.15, 0.2) is 11.5 Å². The molecular weight excluding hydrogens is 390 g/mol. The number of hydrogen-bond donors (Lipinski definition) is 1. The summed E-state index contributed by atoms with van der Waals surface area (Å²) >= 11 is 1.67. The van der Waals surface area contributed by atoms with E-state index in [9.17, 15) is 4.79 Å². The Balaban J connectivity index is 1.69. The van der Waals surface area contributed by atoms with Crippen molar-refractivity contribution in [3.8, 4) is 17.2 Å². The molecular formula is C22H27NO5S. The Morgan fingerprint density at radius 3 is 2.52 bits per heavy atom. The molecule has 1 unspecified atom stereocenters. The van der Waals surface area contributed by atoms with Gasteiger partial charge < -0.3 is 24.3 Å². The van der Waals surface area contributed by atoms with E-state index >= 15 is 0 Å². The third-order valence-corrected chi connectivity index (χ3v) is 6.01. The molecule has 2 aromatic carbocycles. The largest absolute Gasteiger partial charge is 0.496 e. The van der Waals surface area contributed by atoms with Crippen LogP contribution < -0.4 is 19.5 Å². The van der Waals surface area contributed by atoms with Gasteiger partial charge in [0.25, 0.3) is 5.91 Å². The van der Waals surface area contributed by atoms with Crippen molar-refractivity contribution in [2.75, 3.05) is 33.7 Å². The van der Waals surface area contributed by atoms with Crippen molar-refractivity contribution < 1.29 is 23.7 Å². The van der Waals surface area contributed by atoms with Crippen molar-refractivity contribution in [3.05, 3.63) is 47.5 Å². The Morgan fingerprint density at radius 2 is 1.83 bits per heavy atom. The Bertz CT molecular complexity index is 836. The van der Waals surface area contributed by atoms with E-state index in [1.807, 2.05) is 30.3 Å². The van der Waals surface area contributed by atoms with Gasteiger partial charge in [0.2, 0.25) is 0 Å². The summed E-state index contributed by atoms with van der Waals surface area (Å²) < 4.78 is 21.8. The number of carbonyl (C=O) groups is 1. The minimum Gasteiger partial charge on any atom is -0.496 e. The minimum absolute atomic E-state index is 0.128. The van der Waals surface area contributed by atoms with Crippen LogP contribution in [0.3, 0.4) is 0 Å². The average molecular weight is 418 g/mol. The molecule has 7 heteroatoms. The fourth-order valence-corrected chi connectivity index (χ4v) is 4.36. The number of amides is 1. The van der Waals surface area contributed by atoms with Crippen molar-refractivity contribution in [1.29, 1.82) is 0 Å². The van der Waals surface area contributed by atoms with E-state index in [0.29, 0.717) is 29.4 Å². The van der Waals surface area contributed by atoms with Crippen LogP contribution in [0.4, 0.5) is 0 Å². The molecule has 1 N–H and O–H groups in total. The number of nitrogens with one attached hydrogen (secondary N) is 1. The van der Waals surface area contributed by atoms with Gasteiger partial charge in [-0.2, -0.15) is 0 Å². The first-order valence-electron chi connectivity index (χ1n) is 9.56. The van der Waals surface area contributed by atoms with Crippen LogP contribution >= 0.6 is 11.8 Å². The number of thioether (sulfide) groups is 1. The highest BCUT2D eigenvalue weighted by Gasteiger charge is 2.18. The smallest absolute Gasteiger partial charge is 0.252 e. The topological polar surface area (TPSA) is 66.0 Å². The van der Waals surface area contributed by atoms with Gasteiger partial charge in [0.05, 0.1) is 33.0 Å². The molecule has 156 valence electrons. The normalized spacial score (nSPS) is 15.8. The Kier molecular flexibility index (Phi) is 7.66. The lowest BCUT2D eigenvalue weighted by atomic mass is 10.1. The van der Waals surface area contributed by atoms with Gasteiger partial charge in [-0.3, -0.25) is 4.79 Å². The number of methoxy groups -OCH3 is 3. The molecule has 0 aromatic heterocycles. The predicted octanol–water partition coefficient (Wildman–Crippen LogP) is 3.91. The lowest BCUT2D eigenvalue weighted by molar-refractivity contribution is 0.0947. The molecule has 1 aliphatic rings. The summed E-state index contributed by atoms with van der Waals surface area (Å²) in [5.74, 6) is 2.52. The summed E-state index contributed by atoms with van der Waals surface area (Å²) in [4.78, 5) is 13.8. The zero-order valence-electron chi connectivity index (χ0n) is 17.0. The van der Waals surface area contributed by atoms with Gasteiger partial charge in [0, 0.05) is 35.4 Å². The van der Waals surface area contributed by atoms with Gasteiger partial charge in [-0.15, -0.1) is 11.8 Å². The third kappa shape index (κ3) is 5.36. The maximum absolute atomic E-state index is 12.9. The zero-order chi connectivity index (χ0) is 20.6. The van der Waals surface area contributed by atoms with Crippen LogP contribution in [0.5, 0.6) is 17.2 Å². The second-order valence-corrected chi connectivity index (χ2v) is 7.71. The highest BCUT2D eigenvalue weighted by atomic mass is 32.2. The fraction of sp³-hybridized carbons (Fsp3) is 0.409. The molecule has 1 aliphatic heterocycles. The van der Waals surface area contributed by atoms with Crippen molar-refractivity contribution in [3.63, 3.8) is 0 Å². The lowest BCUT2D eigenvalue weighted by Gasteiger charge is -2.15. The van der Waals surface area contributed by atoms with Gasteiger partial charge >= 0.3 is 0 Å². The summed E-state index contributed by atoms with van der Waals surface area (Å²) in [6.07, 6.45) is 2.47. The second kappa shape index (κ2) is 10.4. The van der Waals surface area contributed by atoms with E-state index in [2.05, 4.69) is 5.32 Å². The summed E-state index contributed by atoms with van der Waals surface area (Å²) in [6.45, 7) is 1.15. The standard InChI is InChI=1S/C22H27NO5S/c1-25-18-12-20(27-3)19(26-2)11-15(18)13-23-22(24)17-8-4-5-9-21(17)29-14-16-7-6-10-28-16/h4-5,8-9,11-12,16H,6-7,10,13-14H2,1-3H3,(H,23,24). The molecule has 1 amide bonds. The Morgan fingerprint density at radius 1 is 1.10 bits per heavy atom. The van der Waals surface area contributed by atoms with Crippen molar-refractivity contribution in [2.45, 2.75) is 30.4 Å². The molecule has 29 heavy (non-hydrogen) atoms. The number of benzene rings is 2. The molecule has 1 saturated heterocycles. The Hall–Kier alpha value is -2.38. The van der Waals surface area contributed by atoms with Crippen LogP contribution in [-0.4, -0.2) is 45.7 Å². The fourth-order valence-electron chi connectivity index (χ4n) is 3.24. The van der Waals surface area contributed by atoms with Gasteiger partial charge in [-0.05, 0) is 31.0 Å². The van der Waals surface area contributed by atoms with E-state index in [-0.39, 0.29) is 12.0 Å². The first kappa shape index (κ1) is 21.3. The van der Waals surface area contributed by atoms with E-state index in [1.165, 1.54) is 0 Å². The van der Waals surface area contributed by atoms with Gasteiger partial charge in [0.1, 0.15) is 5.75 Å². The number of ether oxygens (including phenoxy) is 4. The van der Waals surface area contributed by atoms with Crippen LogP contribution in [0.1, 0.15) is 28.8 Å². The molecule has 0 aliphatic carbocycles. The molecule has 6 nitrogen and oxygen atoms in total. The molecule has 0 saturated carbocycles. The summed E-state index contributed by atoms with van der Waals surface area (Å²) in [6, 6.07) is 11.2. The zero-order valence-corrected chi connectivity index (χ0v) is 17.8. The Labute approximate surface area is 175 Å². The monoisotopic (exact) mass is 417 g/mol. The number of carbonyl (C=O) groups excluding carboxylic acids is 1. The first-order chi connectivity index (χ1) is 14.2. The molecule has 1 atom stereocenters. The highest BCUT2D eigenvalue weighted by molar-refractivity contribution is 7.99. The van der Waals surface area contributed by atoms with Crippen LogP contribution in [0.25, 0.3) is 0 Å². The van der Waals surface area contributed by atoms with Crippen LogP contribution in [0.2, 0.25) is 0 Å². The second-order valence-electron chi connectivity index (χ2n) is 6.64. The first-order valence-corrected chi connectivity index (χ1v) is 10.5. The average Bonchev–Trinajstić information content (AvgIpc) is 3.29. The van der Waals surface area contributed by atoms with Crippen molar-refractivity contribution >= 4 is 17.7 Å². The maximum Gasteiger partial charge on any atom is 0.252 e. The number of hydrogen-bond acceptors (Lipinski definition) is 6. The quantitative estimate of drug-likeness (QED) is 0.624. The minimum atomic E-state index is -0.128. The van der Waals surface area contributed by atoms with E-state index < -0.39 is 0 Å². The van der Waals surface area contributed by atoms with Crippen molar-refractivity contribution in [2.24, 2.45) is 0 Å². The van der Waals surface area contributed by atoms with Crippen LogP contribution in [-0.2, 0) is 11.3 Å². The molecule has 3 rings (SSSR count). The summed E-state index contributed by atoms with van der Waals surface area (Å²) in [7, 11) is 4.74. The molecule has 0 spiro atoms. The van der Waals surface area contributed by atoms with Gasteiger partial charge in [-0.1, -0.05) is 12.1 Å². The van der Waals surface area contributed by atoms with Gasteiger partial charge in [-0.25, -0.2) is 0 Å². The summed E-state index contributed by atoms with van der Waals surface area (Å²) in [5, 5.41) is 2.99. The molecule has 1 heterocycles. The molecule has 2 aromatic rings. The predicted molar refractivity (Wildman–Crippen MR) is 113 cm³/mol. The maximum atomic E-state index is 12.9. The van der Waals surface area contributed by atoms with Crippen LogP contribution in [0.15, 0.2) is 41.3 Å². The van der Waals surface area contributed by atoms with E-state index in [0.717, 1.165) is 35.7 Å². The van der Waals surface area contributed by atoms with Crippen LogP contribution in [0, 0.1) is 0 Å². The molecule has 1 fully saturated rings. The summed E-state index contributed by atoms with van der Waals surface area (Å²) in [5.41, 5.74) is 1.47. The molecule has 0 bridgehead atoms. The highest BCUT2D eigenvalue weighted by Crippen LogP contribution is 2.34. The van der Waals surface area contributed by atoms with E-state index in [4.69, 9.17) is 18.9 Å².